The van der Waals surface area contributed by atoms with Gasteiger partial charge in [-0.1, -0.05) is 0 Å². The van der Waals surface area contributed by atoms with E-state index in [4.69, 9.17) is 14.1 Å². The van der Waals surface area contributed by atoms with Crippen molar-refractivity contribution >= 4 is 31.8 Å². The first-order valence-corrected chi connectivity index (χ1v) is 8.93. The fraction of sp³-hybridized carbons (Fsp3) is 0.278. The number of methoxy groups -OCH3 is 1. The maximum atomic E-state index is 13.1. The SMILES string of the molecule is COCc1cc(C)nc2sc3c(=O)n(CCO)c(-c4ccco4)nc3c12. The van der Waals surface area contributed by atoms with Crippen LogP contribution < -0.4 is 5.56 Å². The van der Waals surface area contributed by atoms with E-state index in [9.17, 15) is 9.90 Å². The molecule has 8 heteroatoms. The summed E-state index contributed by atoms with van der Waals surface area (Å²) in [6.07, 6.45) is 1.53. The third-order valence-electron chi connectivity index (χ3n) is 4.12. The average molecular weight is 371 g/mol. The molecule has 4 heterocycles. The summed E-state index contributed by atoms with van der Waals surface area (Å²) in [7, 11) is 1.63. The second-order valence-electron chi connectivity index (χ2n) is 5.91. The van der Waals surface area contributed by atoms with Gasteiger partial charge in [-0.3, -0.25) is 9.36 Å². The third-order valence-corrected chi connectivity index (χ3v) is 5.19. The van der Waals surface area contributed by atoms with Gasteiger partial charge in [-0.15, -0.1) is 11.3 Å². The van der Waals surface area contributed by atoms with E-state index in [1.807, 2.05) is 13.0 Å². The van der Waals surface area contributed by atoms with Gasteiger partial charge in [0.15, 0.2) is 11.6 Å². The Morgan fingerprint density at radius 3 is 2.92 bits per heavy atom. The first-order chi connectivity index (χ1) is 12.6. The molecule has 0 unspecified atom stereocenters. The molecule has 4 rings (SSSR count). The van der Waals surface area contributed by atoms with Gasteiger partial charge in [0.2, 0.25) is 0 Å². The number of furan rings is 1. The lowest BCUT2D eigenvalue weighted by Gasteiger charge is -2.09. The van der Waals surface area contributed by atoms with Crippen molar-refractivity contribution in [1.29, 1.82) is 0 Å². The summed E-state index contributed by atoms with van der Waals surface area (Å²) in [5, 5.41) is 10.2. The van der Waals surface area contributed by atoms with Crippen molar-refractivity contribution in [3.63, 3.8) is 0 Å². The van der Waals surface area contributed by atoms with Crippen LogP contribution >= 0.6 is 11.3 Å². The molecule has 0 atom stereocenters. The molecule has 4 aromatic rings. The lowest BCUT2D eigenvalue weighted by molar-refractivity contribution is 0.186. The molecule has 0 aliphatic carbocycles. The number of pyridine rings is 1. The summed E-state index contributed by atoms with van der Waals surface area (Å²) < 4.78 is 12.7. The number of hydrogen-bond donors (Lipinski definition) is 1. The topological polar surface area (TPSA) is 90.4 Å². The Bertz CT molecular complexity index is 1150. The van der Waals surface area contributed by atoms with Crippen LogP contribution in [0.25, 0.3) is 32.0 Å². The number of rotatable bonds is 5. The number of fused-ring (bicyclic) bond motifs is 3. The number of hydrogen-bond acceptors (Lipinski definition) is 7. The van der Waals surface area contributed by atoms with Crippen molar-refractivity contribution < 1.29 is 14.3 Å². The molecule has 0 saturated heterocycles. The molecule has 0 fully saturated rings. The molecule has 0 saturated carbocycles. The van der Waals surface area contributed by atoms with E-state index in [1.165, 1.54) is 22.2 Å². The van der Waals surface area contributed by atoms with Gasteiger partial charge in [0, 0.05) is 18.2 Å². The zero-order valence-corrected chi connectivity index (χ0v) is 15.2. The Balaban J connectivity index is 2.13. The summed E-state index contributed by atoms with van der Waals surface area (Å²) in [4.78, 5) is 23.1. The fourth-order valence-electron chi connectivity index (χ4n) is 3.10. The highest BCUT2D eigenvalue weighted by molar-refractivity contribution is 7.25. The van der Waals surface area contributed by atoms with E-state index in [0.29, 0.717) is 28.4 Å². The number of aliphatic hydroxyl groups excluding tert-OH is 1. The van der Waals surface area contributed by atoms with Gasteiger partial charge in [0.1, 0.15) is 9.53 Å². The molecule has 4 aromatic heterocycles. The van der Waals surface area contributed by atoms with Crippen LogP contribution in [0, 0.1) is 6.92 Å². The van der Waals surface area contributed by atoms with Gasteiger partial charge >= 0.3 is 0 Å². The second-order valence-corrected chi connectivity index (χ2v) is 6.91. The Morgan fingerprint density at radius 1 is 1.38 bits per heavy atom. The van der Waals surface area contributed by atoms with Crippen LogP contribution in [0.5, 0.6) is 0 Å². The van der Waals surface area contributed by atoms with Crippen molar-refractivity contribution in [3.05, 3.63) is 46.1 Å². The smallest absolute Gasteiger partial charge is 0.272 e. The minimum absolute atomic E-state index is 0.142. The van der Waals surface area contributed by atoms with Crippen molar-refractivity contribution in [3.8, 4) is 11.6 Å². The van der Waals surface area contributed by atoms with Crippen molar-refractivity contribution in [2.45, 2.75) is 20.1 Å². The minimum atomic E-state index is -0.209. The van der Waals surface area contributed by atoms with Gasteiger partial charge < -0.3 is 14.3 Å². The van der Waals surface area contributed by atoms with Crippen LogP contribution in [0.1, 0.15) is 11.3 Å². The molecule has 0 bridgehead atoms. The normalized spacial score (nSPS) is 11.7. The van der Waals surface area contributed by atoms with E-state index in [2.05, 4.69) is 4.98 Å². The zero-order valence-electron chi connectivity index (χ0n) is 14.4. The van der Waals surface area contributed by atoms with Crippen LogP contribution in [0.15, 0.2) is 33.7 Å². The predicted molar refractivity (Wildman–Crippen MR) is 99.4 cm³/mol. The molecule has 0 aliphatic rings. The molecular formula is C18H17N3O4S. The van der Waals surface area contributed by atoms with E-state index in [-0.39, 0.29) is 18.7 Å². The maximum absolute atomic E-state index is 13.1. The lowest BCUT2D eigenvalue weighted by atomic mass is 10.1. The number of aliphatic hydroxyl groups is 1. The van der Waals surface area contributed by atoms with Crippen LogP contribution in [-0.4, -0.2) is 33.4 Å². The third kappa shape index (κ3) is 2.63. The predicted octanol–water partition coefficient (Wildman–Crippen LogP) is 2.71. The van der Waals surface area contributed by atoms with Gasteiger partial charge in [0.05, 0.1) is 31.5 Å². The number of aromatic nitrogens is 3. The Hall–Kier alpha value is -2.55. The van der Waals surface area contributed by atoms with Gasteiger partial charge in [-0.25, -0.2) is 9.97 Å². The van der Waals surface area contributed by atoms with Crippen molar-refractivity contribution in [2.75, 3.05) is 13.7 Å². The summed E-state index contributed by atoms with van der Waals surface area (Å²) >= 11 is 1.31. The number of thiophene rings is 1. The Kier molecular flexibility index (Phi) is 4.31. The number of aryl methyl sites for hydroxylation is 1. The molecule has 7 nitrogen and oxygen atoms in total. The van der Waals surface area contributed by atoms with E-state index in [0.717, 1.165) is 21.5 Å². The molecule has 0 aromatic carbocycles. The van der Waals surface area contributed by atoms with Crippen molar-refractivity contribution in [1.82, 2.24) is 14.5 Å². The van der Waals surface area contributed by atoms with Gasteiger partial charge in [-0.2, -0.15) is 0 Å². The Labute approximate surface area is 152 Å². The standard InChI is InChI=1S/C18H17N3O4S/c1-10-8-11(9-24-2)13-14-15(26-17(13)19-10)18(23)21(5-6-22)16(20-14)12-4-3-7-25-12/h3-4,7-8,22H,5-6,9H2,1-2H3. The highest BCUT2D eigenvalue weighted by Crippen LogP contribution is 2.34. The molecule has 1 N–H and O–H groups in total. The molecule has 26 heavy (non-hydrogen) atoms. The van der Waals surface area contributed by atoms with E-state index in [1.54, 1.807) is 19.2 Å². The highest BCUT2D eigenvalue weighted by Gasteiger charge is 2.20. The Morgan fingerprint density at radius 2 is 2.23 bits per heavy atom. The minimum Gasteiger partial charge on any atom is -0.461 e. The first kappa shape index (κ1) is 16.9. The van der Waals surface area contributed by atoms with Crippen LogP contribution in [0.3, 0.4) is 0 Å². The molecule has 0 amide bonds. The van der Waals surface area contributed by atoms with Gasteiger partial charge in [0.25, 0.3) is 5.56 Å². The molecule has 0 radical (unpaired) electrons. The highest BCUT2D eigenvalue weighted by atomic mass is 32.1. The molecule has 0 aliphatic heterocycles. The zero-order chi connectivity index (χ0) is 18.3. The quantitative estimate of drug-likeness (QED) is 0.580. The fourth-order valence-corrected chi connectivity index (χ4v) is 4.26. The van der Waals surface area contributed by atoms with E-state index < -0.39 is 0 Å². The number of ether oxygens (including phenoxy) is 1. The summed E-state index contributed by atoms with van der Waals surface area (Å²) in [6, 6.07) is 5.43. The largest absolute Gasteiger partial charge is 0.461 e. The summed E-state index contributed by atoms with van der Waals surface area (Å²) in [6.45, 7) is 2.29. The van der Waals surface area contributed by atoms with Crippen LogP contribution in [-0.2, 0) is 17.9 Å². The molecule has 0 spiro atoms. The van der Waals surface area contributed by atoms with Gasteiger partial charge in [-0.05, 0) is 30.7 Å². The van der Waals surface area contributed by atoms with Crippen molar-refractivity contribution in [2.24, 2.45) is 0 Å². The second kappa shape index (κ2) is 6.64. The van der Waals surface area contributed by atoms with E-state index >= 15 is 0 Å². The summed E-state index contributed by atoms with van der Waals surface area (Å²) in [5.41, 5.74) is 2.19. The number of nitrogens with zero attached hydrogens (tertiary/aromatic N) is 3. The molecule has 134 valence electrons. The van der Waals surface area contributed by atoms with Crippen LogP contribution in [0.4, 0.5) is 0 Å². The maximum Gasteiger partial charge on any atom is 0.272 e. The summed E-state index contributed by atoms with van der Waals surface area (Å²) in [5.74, 6) is 0.871. The average Bonchev–Trinajstić information content (AvgIpc) is 3.25. The monoisotopic (exact) mass is 371 g/mol. The van der Waals surface area contributed by atoms with Crippen LogP contribution in [0.2, 0.25) is 0 Å². The molecular weight excluding hydrogens is 354 g/mol. The first-order valence-electron chi connectivity index (χ1n) is 8.11. The lowest BCUT2D eigenvalue weighted by Crippen LogP contribution is -2.24.